The average Bonchev–Trinajstić information content (AvgIpc) is 3.10. The summed E-state index contributed by atoms with van der Waals surface area (Å²) in [5, 5.41) is 12.5. The molecule has 0 radical (unpaired) electrons. The predicted molar refractivity (Wildman–Crippen MR) is 116 cm³/mol. The van der Waals surface area contributed by atoms with E-state index >= 15 is 0 Å². The summed E-state index contributed by atoms with van der Waals surface area (Å²) in [7, 11) is 4.01. The van der Waals surface area contributed by atoms with E-state index in [0.29, 0.717) is 17.4 Å². The van der Waals surface area contributed by atoms with Crippen molar-refractivity contribution in [3.8, 4) is 0 Å². The molecule has 0 aliphatic carbocycles. The number of aromatic nitrogens is 4. The molecule has 0 saturated carbocycles. The van der Waals surface area contributed by atoms with Gasteiger partial charge in [-0.05, 0) is 38.7 Å². The van der Waals surface area contributed by atoms with Crippen molar-refractivity contribution in [2.75, 3.05) is 25.2 Å². The second-order valence-corrected chi connectivity index (χ2v) is 8.03. The van der Waals surface area contributed by atoms with Crippen molar-refractivity contribution in [3.63, 3.8) is 0 Å². The van der Waals surface area contributed by atoms with Crippen LogP contribution < -0.4 is 5.32 Å². The van der Waals surface area contributed by atoms with Crippen LogP contribution in [0.15, 0.2) is 53.8 Å². The molecule has 0 unspecified atom stereocenters. The molecule has 0 aliphatic rings. The highest BCUT2D eigenvalue weighted by Gasteiger charge is 2.20. The van der Waals surface area contributed by atoms with Crippen LogP contribution in [0.2, 0.25) is 5.15 Å². The van der Waals surface area contributed by atoms with Crippen molar-refractivity contribution in [1.29, 1.82) is 0 Å². The Bertz CT molecular complexity index is 963. The fraction of sp³-hybridized carbons (Fsp3) is 0.300. The molecule has 9 heteroatoms. The van der Waals surface area contributed by atoms with Gasteiger partial charge in [0.25, 0.3) is 0 Å². The van der Waals surface area contributed by atoms with Crippen LogP contribution in [0.4, 0.5) is 5.69 Å². The lowest BCUT2D eigenvalue weighted by atomic mass is 10.2. The third-order valence-corrected chi connectivity index (χ3v) is 5.71. The molecule has 0 aliphatic heterocycles. The normalized spacial score (nSPS) is 12.2. The number of benzene rings is 1. The zero-order valence-corrected chi connectivity index (χ0v) is 18.1. The Morgan fingerprint density at radius 1 is 1.21 bits per heavy atom. The minimum Gasteiger partial charge on any atom is -0.323 e. The number of rotatable bonds is 8. The number of halogens is 1. The van der Waals surface area contributed by atoms with Crippen LogP contribution in [0.25, 0.3) is 0 Å². The van der Waals surface area contributed by atoms with Gasteiger partial charge >= 0.3 is 0 Å². The third-order valence-electron chi connectivity index (χ3n) is 4.44. The Labute approximate surface area is 179 Å². The summed E-state index contributed by atoms with van der Waals surface area (Å²) in [4.78, 5) is 18.4. The zero-order chi connectivity index (χ0) is 20.8. The summed E-state index contributed by atoms with van der Waals surface area (Å²) in [5.74, 6) is 0.868. The summed E-state index contributed by atoms with van der Waals surface area (Å²) in [6.07, 6.45) is 1.58. The van der Waals surface area contributed by atoms with Crippen LogP contribution >= 0.6 is 23.4 Å². The number of hydrogen-bond acceptors (Lipinski definition) is 6. The second-order valence-electron chi connectivity index (χ2n) is 6.73. The maximum Gasteiger partial charge on any atom is 0.234 e. The molecule has 0 saturated heterocycles. The molecular weight excluding hydrogens is 408 g/mol. The third kappa shape index (κ3) is 5.56. The van der Waals surface area contributed by atoms with Crippen molar-refractivity contribution in [2.45, 2.75) is 24.7 Å². The van der Waals surface area contributed by atoms with Gasteiger partial charge in [-0.1, -0.05) is 53.7 Å². The number of amides is 1. The largest absolute Gasteiger partial charge is 0.323 e. The highest BCUT2D eigenvalue weighted by atomic mass is 35.5. The van der Waals surface area contributed by atoms with Gasteiger partial charge in [0.15, 0.2) is 16.1 Å². The lowest BCUT2D eigenvalue weighted by Gasteiger charge is -2.20. The molecule has 0 fully saturated rings. The summed E-state index contributed by atoms with van der Waals surface area (Å²) in [6, 6.07) is 13.7. The van der Waals surface area contributed by atoms with Crippen LogP contribution in [0, 0.1) is 0 Å². The van der Waals surface area contributed by atoms with Crippen LogP contribution in [0.5, 0.6) is 0 Å². The van der Waals surface area contributed by atoms with Crippen molar-refractivity contribution < 1.29 is 4.79 Å². The smallest absolute Gasteiger partial charge is 0.234 e. The molecule has 0 bridgehead atoms. The first-order valence-corrected chi connectivity index (χ1v) is 10.5. The van der Waals surface area contributed by atoms with E-state index in [2.05, 4.69) is 49.0 Å². The van der Waals surface area contributed by atoms with Crippen LogP contribution in [0.1, 0.15) is 24.4 Å². The number of hydrogen-bond donors (Lipinski definition) is 1. The molecule has 1 atom stereocenters. The first-order chi connectivity index (χ1) is 14.0. The Hall–Kier alpha value is -2.42. The van der Waals surface area contributed by atoms with Crippen LogP contribution in [-0.4, -0.2) is 50.4 Å². The summed E-state index contributed by atoms with van der Waals surface area (Å²) in [5.41, 5.74) is 1.64. The van der Waals surface area contributed by atoms with E-state index in [4.69, 9.17) is 11.6 Å². The van der Waals surface area contributed by atoms with Crippen molar-refractivity contribution in [1.82, 2.24) is 24.6 Å². The van der Waals surface area contributed by atoms with Crippen LogP contribution in [-0.2, 0) is 11.3 Å². The maximum absolute atomic E-state index is 12.4. The van der Waals surface area contributed by atoms with Crippen molar-refractivity contribution >= 4 is 35.0 Å². The van der Waals surface area contributed by atoms with E-state index in [-0.39, 0.29) is 22.9 Å². The standard InChI is InChI=1S/C20H23ClN6OS/c1-14(26(2)3)19-24-25-20(27(19)12-15-8-5-4-6-9-15)29-13-17(28)23-16-10-7-11-22-18(16)21/h4-11,14H,12-13H2,1-3H3,(H,23,28)/t14-/m0/s1. The topological polar surface area (TPSA) is 75.9 Å². The maximum atomic E-state index is 12.4. The summed E-state index contributed by atoms with van der Waals surface area (Å²) < 4.78 is 2.06. The van der Waals surface area contributed by atoms with Gasteiger partial charge < -0.3 is 9.88 Å². The van der Waals surface area contributed by atoms with E-state index in [9.17, 15) is 4.79 Å². The van der Waals surface area contributed by atoms with Crippen molar-refractivity contribution in [2.24, 2.45) is 0 Å². The number of carbonyl (C=O) groups excluding carboxylic acids is 1. The molecule has 0 spiro atoms. The lowest BCUT2D eigenvalue weighted by molar-refractivity contribution is -0.113. The Morgan fingerprint density at radius 2 is 1.97 bits per heavy atom. The molecule has 1 N–H and O–H groups in total. The predicted octanol–water partition coefficient (Wildman–Crippen LogP) is 3.73. The quantitative estimate of drug-likeness (QED) is 0.433. The zero-order valence-electron chi connectivity index (χ0n) is 16.5. The highest BCUT2D eigenvalue weighted by molar-refractivity contribution is 7.99. The second kappa shape index (κ2) is 9.87. The molecule has 2 aromatic heterocycles. The fourth-order valence-electron chi connectivity index (χ4n) is 2.66. The Morgan fingerprint density at radius 3 is 2.66 bits per heavy atom. The molecule has 3 rings (SSSR count). The van der Waals surface area contributed by atoms with E-state index in [0.717, 1.165) is 11.4 Å². The van der Waals surface area contributed by atoms with E-state index < -0.39 is 0 Å². The SMILES string of the molecule is C[C@@H](c1nnc(SCC(=O)Nc2cccnc2Cl)n1Cc1ccccc1)N(C)C. The lowest BCUT2D eigenvalue weighted by Crippen LogP contribution is -2.21. The Kier molecular flexibility index (Phi) is 7.24. The average molecular weight is 431 g/mol. The molecule has 152 valence electrons. The molecule has 1 aromatic carbocycles. The minimum absolute atomic E-state index is 0.0867. The van der Waals surface area contributed by atoms with E-state index in [1.807, 2.05) is 32.3 Å². The number of pyridine rings is 1. The highest BCUT2D eigenvalue weighted by Crippen LogP contribution is 2.25. The fourth-order valence-corrected chi connectivity index (χ4v) is 3.57. The first kappa shape index (κ1) is 21.3. The van der Waals surface area contributed by atoms with Crippen molar-refractivity contribution in [3.05, 3.63) is 65.2 Å². The molecule has 2 heterocycles. The van der Waals surface area contributed by atoms with Gasteiger partial charge in [-0.2, -0.15) is 0 Å². The number of nitrogens with zero attached hydrogens (tertiary/aromatic N) is 5. The van der Waals surface area contributed by atoms with Gasteiger partial charge in [-0.25, -0.2) is 4.98 Å². The number of thioether (sulfide) groups is 1. The van der Waals surface area contributed by atoms with E-state index in [1.54, 1.807) is 18.3 Å². The number of nitrogens with one attached hydrogen (secondary N) is 1. The van der Waals surface area contributed by atoms with Gasteiger partial charge in [0.2, 0.25) is 5.91 Å². The first-order valence-electron chi connectivity index (χ1n) is 9.12. The Balaban J connectivity index is 1.76. The summed E-state index contributed by atoms with van der Waals surface area (Å²) in [6.45, 7) is 2.72. The molecule has 3 aromatic rings. The summed E-state index contributed by atoms with van der Waals surface area (Å²) >= 11 is 7.35. The molecule has 29 heavy (non-hydrogen) atoms. The molecule has 1 amide bonds. The monoisotopic (exact) mass is 430 g/mol. The van der Waals surface area contributed by atoms with Gasteiger partial charge in [-0.3, -0.25) is 9.69 Å². The van der Waals surface area contributed by atoms with Gasteiger partial charge in [0.05, 0.1) is 24.0 Å². The van der Waals surface area contributed by atoms with Gasteiger partial charge in [-0.15, -0.1) is 10.2 Å². The molecular formula is C20H23ClN6OS. The minimum atomic E-state index is -0.179. The molecule has 7 nitrogen and oxygen atoms in total. The number of carbonyl (C=O) groups is 1. The number of anilines is 1. The van der Waals surface area contributed by atoms with E-state index in [1.165, 1.54) is 11.8 Å². The van der Waals surface area contributed by atoms with Crippen LogP contribution in [0.3, 0.4) is 0 Å². The van der Waals surface area contributed by atoms with Gasteiger partial charge in [0.1, 0.15) is 0 Å². The van der Waals surface area contributed by atoms with Gasteiger partial charge in [0, 0.05) is 6.20 Å².